The number of hydrogen-bond donors (Lipinski definition) is 1. The average molecular weight is 220 g/mol. The van der Waals surface area contributed by atoms with Crippen LogP contribution in [0.25, 0.3) is 0 Å². The van der Waals surface area contributed by atoms with Crippen LogP contribution in [-0.2, 0) is 0 Å². The van der Waals surface area contributed by atoms with E-state index in [0.29, 0.717) is 5.92 Å². The SMILES string of the molecule is CN1CCC(COc2ccccc2N)CC1. The van der Waals surface area contributed by atoms with Crippen LogP contribution in [0.4, 0.5) is 5.69 Å². The Morgan fingerprint density at radius 2 is 2.00 bits per heavy atom. The highest BCUT2D eigenvalue weighted by molar-refractivity contribution is 5.51. The van der Waals surface area contributed by atoms with Gasteiger partial charge in [-0.05, 0) is 51.0 Å². The van der Waals surface area contributed by atoms with E-state index in [9.17, 15) is 0 Å². The monoisotopic (exact) mass is 220 g/mol. The van der Waals surface area contributed by atoms with E-state index in [0.717, 1.165) is 18.0 Å². The van der Waals surface area contributed by atoms with Crippen molar-refractivity contribution in [1.29, 1.82) is 0 Å². The van der Waals surface area contributed by atoms with Gasteiger partial charge in [0.25, 0.3) is 0 Å². The molecule has 2 rings (SSSR count). The van der Waals surface area contributed by atoms with Crippen LogP contribution in [0.2, 0.25) is 0 Å². The Hall–Kier alpha value is -1.22. The van der Waals surface area contributed by atoms with E-state index in [4.69, 9.17) is 10.5 Å². The van der Waals surface area contributed by atoms with Crippen molar-refractivity contribution in [3.05, 3.63) is 24.3 Å². The van der Waals surface area contributed by atoms with Gasteiger partial charge in [-0.2, -0.15) is 0 Å². The normalized spacial score (nSPS) is 18.6. The van der Waals surface area contributed by atoms with Crippen LogP contribution < -0.4 is 10.5 Å². The van der Waals surface area contributed by atoms with Crippen LogP contribution in [0.1, 0.15) is 12.8 Å². The smallest absolute Gasteiger partial charge is 0.142 e. The standard InChI is InChI=1S/C13H20N2O/c1-15-8-6-11(7-9-15)10-16-13-5-3-2-4-12(13)14/h2-5,11H,6-10,14H2,1H3. The summed E-state index contributed by atoms with van der Waals surface area (Å²) in [6, 6.07) is 7.70. The van der Waals surface area contributed by atoms with E-state index in [-0.39, 0.29) is 0 Å². The van der Waals surface area contributed by atoms with Crippen molar-refractivity contribution in [1.82, 2.24) is 4.90 Å². The van der Waals surface area contributed by atoms with Crippen molar-refractivity contribution in [2.24, 2.45) is 5.92 Å². The number of benzene rings is 1. The lowest BCUT2D eigenvalue weighted by molar-refractivity contribution is 0.160. The summed E-state index contributed by atoms with van der Waals surface area (Å²) < 4.78 is 5.77. The number of para-hydroxylation sites is 2. The number of piperidine rings is 1. The van der Waals surface area contributed by atoms with Crippen LogP contribution in [0.3, 0.4) is 0 Å². The lowest BCUT2D eigenvalue weighted by Gasteiger charge is -2.28. The number of hydrogen-bond acceptors (Lipinski definition) is 3. The number of anilines is 1. The molecule has 0 bridgehead atoms. The first kappa shape index (κ1) is 11.3. The van der Waals surface area contributed by atoms with Crippen molar-refractivity contribution in [3.63, 3.8) is 0 Å². The summed E-state index contributed by atoms with van der Waals surface area (Å²) in [5, 5.41) is 0. The van der Waals surface area contributed by atoms with E-state index in [2.05, 4.69) is 11.9 Å². The fraction of sp³-hybridized carbons (Fsp3) is 0.538. The number of rotatable bonds is 3. The molecular formula is C13H20N2O. The summed E-state index contributed by atoms with van der Waals surface area (Å²) in [7, 11) is 2.17. The summed E-state index contributed by atoms with van der Waals surface area (Å²) in [6.07, 6.45) is 2.45. The second kappa shape index (κ2) is 5.21. The first-order valence-corrected chi connectivity index (χ1v) is 5.91. The number of nitrogens with zero attached hydrogens (tertiary/aromatic N) is 1. The number of likely N-dealkylation sites (tertiary alicyclic amines) is 1. The van der Waals surface area contributed by atoms with Crippen molar-refractivity contribution in [2.75, 3.05) is 32.5 Å². The van der Waals surface area contributed by atoms with Crippen molar-refractivity contribution < 1.29 is 4.74 Å². The Kier molecular flexibility index (Phi) is 3.67. The molecule has 3 heteroatoms. The van der Waals surface area contributed by atoms with Gasteiger partial charge in [0.2, 0.25) is 0 Å². The predicted octanol–water partition coefficient (Wildman–Crippen LogP) is 1.99. The fourth-order valence-corrected chi connectivity index (χ4v) is 2.05. The van der Waals surface area contributed by atoms with Gasteiger partial charge in [-0.1, -0.05) is 12.1 Å². The van der Waals surface area contributed by atoms with Gasteiger partial charge in [0, 0.05) is 0 Å². The van der Waals surface area contributed by atoms with Gasteiger partial charge in [-0.25, -0.2) is 0 Å². The quantitative estimate of drug-likeness (QED) is 0.792. The topological polar surface area (TPSA) is 38.5 Å². The Bertz CT molecular complexity index is 332. The Morgan fingerprint density at radius 3 is 2.69 bits per heavy atom. The molecule has 1 aromatic rings. The largest absolute Gasteiger partial charge is 0.491 e. The summed E-state index contributed by atoms with van der Waals surface area (Å²) in [4.78, 5) is 2.37. The minimum absolute atomic E-state index is 0.677. The Morgan fingerprint density at radius 1 is 1.31 bits per heavy atom. The first-order valence-electron chi connectivity index (χ1n) is 5.91. The van der Waals surface area contributed by atoms with Gasteiger partial charge in [0.05, 0.1) is 12.3 Å². The van der Waals surface area contributed by atoms with E-state index in [1.54, 1.807) is 0 Å². The highest BCUT2D eigenvalue weighted by Crippen LogP contribution is 2.22. The molecule has 0 amide bonds. The molecule has 0 atom stereocenters. The molecule has 3 nitrogen and oxygen atoms in total. The zero-order valence-electron chi connectivity index (χ0n) is 9.86. The molecule has 1 aromatic carbocycles. The molecule has 0 aliphatic carbocycles. The van der Waals surface area contributed by atoms with Crippen LogP contribution in [0, 0.1) is 5.92 Å². The average Bonchev–Trinajstić information content (AvgIpc) is 2.30. The van der Waals surface area contributed by atoms with Gasteiger partial charge in [-0.15, -0.1) is 0 Å². The summed E-state index contributed by atoms with van der Waals surface area (Å²) >= 11 is 0. The maximum atomic E-state index is 5.82. The summed E-state index contributed by atoms with van der Waals surface area (Å²) in [6.45, 7) is 3.15. The molecule has 1 aliphatic heterocycles. The minimum atomic E-state index is 0.677. The summed E-state index contributed by atoms with van der Waals surface area (Å²) in [5.41, 5.74) is 6.56. The van der Waals surface area contributed by atoms with Crippen LogP contribution in [0.15, 0.2) is 24.3 Å². The zero-order valence-corrected chi connectivity index (χ0v) is 9.86. The molecule has 0 unspecified atom stereocenters. The predicted molar refractivity (Wildman–Crippen MR) is 66.6 cm³/mol. The highest BCUT2D eigenvalue weighted by Gasteiger charge is 2.17. The molecule has 1 aliphatic rings. The zero-order chi connectivity index (χ0) is 11.4. The molecular weight excluding hydrogens is 200 g/mol. The Balaban J connectivity index is 1.81. The molecule has 16 heavy (non-hydrogen) atoms. The van der Waals surface area contributed by atoms with Gasteiger partial charge in [0.15, 0.2) is 0 Å². The van der Waals surface area contributed by atoms with Crippen molar-refractivity contribution in [2.45, 2.75) is 12.8 Å². The minimum Gasteiger partial charge on any atom is -0.491 e. The molecule has 0 radical (unpaired) electrons. The third-order valence-corrected chi connectivity index (χ3v) is 3.23. The number of ether oxygens (including phenoxy) is 1. The molecule has 1 heterocycles. The fourth-order valence-electron chi connectivity index (χ4n) is 2.05. The molecule has 2 N–H and O–H groups in total. The third kappa shape index (κ3) is 2.89. The van der Waals surface area contributed by atoms with Gasteiger partial charge in [0.1, 0.15) is 5.75 Å². The van der Waals surface area contributed by atoms with E-state index < -0.39 is 0 Å². The molecule has 0 spiro atoms. The maximum Gasteiger partial charge on any atom is 0.142 e. The Labute approximate surface area is 97.2 Å². The number of nitrogen functional groups attached to an aromatic ring is 1. The first-order chi connectivity index (χ1) is 7.75. The van der Waals surface area contributed by atoms with Crippen LogP contribution >= 0.6 is 0 Å². The van der Waals surface area contributed by atoms with Crippen molar-refractivity contribution in [3.8, 4) is 5.75 Å². The van der Waals surface area contributed by atoms with Gasteiger partial charge < -0.3 is 15.4 Å². The van der Waals surface area contributed by atoms with E-state index in [1.165, 1.54) is 25.9 Å². The lowest BCUT2D eigenvalue weighted by Crippen LogP contribution is -2.32. The third-order valence-electron chi connectivity index (χ3n) is 3.23. The van der Waals surface area contributed by atoms with E-state index >= 15 is 0 Å². The van der Waals surface area contributed by atoms with Gasteiger partial charge >= 0.3 is 0 Å². The van der Waals surface area contributed by atoms with Gasteiger partial charge in [-0.3, -0.25) is 0 Å². The summed E-state index contributed by atoms with van der Waals surface area (Å²) in [5.74, 6) is 1.50. The van der Waals surface area contributed by atoms with Crippen LogP contribution in [0.5, 0.6) is 5.75 Å². The molecule has 1 fully saturated rings. The second-order valence-corrected chi connectivity index (χ2v) is 4.60. The van der Waals surface area contributed by atoms with Crippen LogP contribution in [-0.4, -0.2) is 31.6 Å². The second-order valence-electron chi connectivity index (χ2n) is 4.60. The highest BCUT2D eigenvalue weighted by atomic mass is 16.5. The lowest BCUT2D eigenvalue weighted by atomic mass is 9.98. The number of nitrogens with two attached hydrogens (primary N) is 1. The van der Waals surface area contributed by atoms with E-state index in [1.807, 2.05) is 24.3 Å². The molecule has 1 saturated heterocycles. The molecule has 0 aromatic heterocycles. The molecule has 0 saturated carbocycles. The molecule has 88 valence electrons. The maximum absolute atomic E-state index is 5.82. The van der Waals surface area contributed by atoms with Crippen molar-refractivity contribution >= 4 is 5.69 Å².